The summed E-state index contributed by atoms with van der Waals surface area (Å²) in [5.74, 6) is 0. The summed E-state index contributed by atoms with van der Waals surface area (Å²) in [7, 11) is 1.93. The molecule has 2 heterocycles. The lowest BCUT2D eigenvalue weighted by molar-refractivity contribution is -0.134. The third-order valence-corrected chi connectivity index (χ3v) is 4.43. The number of benzene rings is 1. The van der Waals surface area contributed by atoms with Gasteiger partial charge >= 0.3 is 0 Å². The van der Waals surface area contributed by atoms with E-state index in [1.54, 1.807) is 0 Å². The fourth-order valence-electron chi connectivity index (χ4n) is 3.21. The van der Waals surface area contributed by atoms with Gasteiger partial charge in [-0.05, 0) is 12.5 Å². The Morgan fingerprint density at radius 3 is 2.70 bits per heavy atom. The Bertz CT molecular complexity index is 638. The third-order valence-electron chi connectivity index (χ3n) is 4.43. The van der Waals surface area contributed by atoms with E-state index in [9.17, 15) is 5.11 Å². The Labute approximate surface area is 137 Å². The summed E-state index contributed by atoms with van der Waals surface area (Å²) < 4.78 is 7.83. The number of ether oxygens (including phenoxy) is 1. The van der Waals surface area contributed by atoms with Crippen LogP contribution in [0.25, 0.3) is 0 Å². The molecule has 2 aromatic rings. The van der Waals surface area contributed by atoms with Gasteiger partial charge in [0.15, 0.2) is 0 Å². The highest BCUT2D eigenvalue weighted by Crippen LogP contribution is 2.24. The number of hydrogen-bond donors (Lipinski definition) is 1. The van der Waals surface area contributed by atoms with E-state index in [0.717, 1.165) is 26.1 Å². The molecular weight excluding hydrogens is 290 g/mol. The number of morpholine rings is 1. The van der Waals surface area contributed by atoms with Crippen molar-refractivity contribution in [3.05, 3.63) is 53.3 Å². The molecule has 1 N–H and O–H groups in total. The lowest BCUT2D eigenvalue weighted by atomic mass is 9.92. The quantitative estimate of drug-likeness (QED) is 0.909. The lowest BCUT2D eigenvalue weighted by Gasteiger charge is -2.42. The first-order valence-electron chi connectivity index (χ1n) is 8.09. The number of aliphatic hydroxyl groups is 1. The first-order chi connectivity index (χ1) is 11.1. The van der Waals surface area contributed by atoms with Gasteiger partial charge in [0.1, 0.15) is 5.60 Å². The molecule has 0 radical (unpaired) electrons. The van der Waals surface area contributed by atoms with Gasteiger partial charge in [0.2, 0.25) is 0 Å². The molecule has 1 aliphatic rings. The molecule has 1 saturated heterocycles. The molecule has 0 aliphatic carbocycles. The zero-order valence-electron chi connectivity index (χ0n) is 13.9. The van der Waals surface area contributed by atoms with Crippen LogP contribution in [0.15, 0.2) is 36.7 Å². The van der Waals surface area contributed by atoms with E-state index in [0.29, 0.717) is 6.61 Å². The van der Waals surface area contributed by atoms with E-state index in [4.69, 9.17) is 4.74 Å². The highest BCUT2D eigenvalue weighted by atomic mass is 16.5. The van der Waals surface area contributed by atoms with Crippen molar-refractivity contribution in [2.45, 2.75) is 25.5 Å². The summed E-state index contributed by atoms with van der Waals surface area (Å²) in [5, 5.41) is 14.2. The minimum atomic E-state index is -0.518. The first kappa shape index (κ1) is 16.2. The summed E-state index contributed by atoms with van der Waals surface area (Å²) in [6.45, 7) is 5.21. The van der Waals surface area contributed by atoms with Crippen LogP contribution in [0.3, 0.4) is 0 Å². The fraction of sp³-hybridized carbons (Fsp3) is 0.500. The van der Waals surface area contributed by atoms with Crippen LogP contribution in [-0.2, 0) is 24.8 Å². The maximum Gasteiger partial charge on any atom is 0.108 e. The molecule has 3 rings (SSSR count). The number of nitrogens with zero attached hydrogens (tertiary/aromatic N) is 3. The van der Waals surface area contributed by atoms with Gasteiger partial charge in [-0.25, -0.2) is 0 Å². The minimum Gasteiger partial charge on any atom is -0.393 e. The Morgan fingerprint density at radius 2 is 2.04 bits per heavy atom. The number of rotatable bonds is 5. The Balaban J connectivity index is 1.69. The standard InChI is InChI=1S/C18H25N3O2/c1-15-3-5-16(6-4-15)9-18(14-22)13-21(7-8-23-18)12-17-10-19-20(2)11-17/h3-6,10-11,22H,7-9,12-14H2,1-2H3. The van der Waals surface area contributed by atoms with E-state index in [-0.39, 0.29) is 6.61 Å². The van der Waals surface area contributed by atoms with Crippen molar-refractivity contribution >= 4 is 0 Å². The van der Waals surface area contributed by atoms with Gasteiger partial charge in [-0.3, -0.25) is 9.58 Å². The highest BCUT2D eigenvalue weighted by molar-refractivity contribution is 5.23. The van der Waals surface area contributed by atoms with Crippen LogP contribution in [0.2, 0.25) is 0 Å². The average Bonchev–Trinajstić information content (AvgIpc) is 2.95. The van der Waals surface area contributed by atoms with E-state index in [1.165, 1.54) is 16.7 Å². The molecule has 5 nitrogen and oxygen atoms in total. The van der Waals surface area contributed by atoms with E-state index >= 15 is 0 Å². The average molecular weight is 315 g/mol. The zero-order chi connectivity index (χ0) is 16.3. The molecule has 1 aromatic carbocycles. The third kappa shape index (κ3) is 3.99. The molecule has 1 aliphatic heterocycles. The predicted molar refractivity (Wildman–Crippen MR) is 89.1 cm³/mol. The molecular formula is C18H25N3O2. The largest absolute Gasteiger partial charge is 0.393 e. The van der Waals surface area contributed by atoms with Crippen molar-refractivity contribution in [1.29, 1.82) is 0 Å². The highest BCUT2D eigenvalue weighted by Gasteiger charge is 2.36. The summed E-state index contributed by atoms with van der Waals surface area (Å²) in [6, 6.07) is 8.46. The van der Waals surface area contributed by atoms with Crippen LogP contribution < -0.4 is 0 Å². The SMILES string of the molecule is Cc1ccc(CC2(CO)CN(Cc3cnn(C)c3)CCO2)cc1. The number of aromatic nitrogens is 2. The zero-order valence-corrected chi connectivity index (χ0v) is 13.9. The Morgan fingerprint density at radius 1 is 1.26 bits per heavy atom. The first-order valence-corrected chi connectivity index (χ1v) is 8.09. The molecule has 5 heteroatoms. The van der Waals surface area contributed by atoms with Crippen LogP contribution in [0.5, 0.6) is 0 Å². The van der Waals surface area contributed by atoms with Gasteiger partial charge in [0.25, 0.3) is 0 Å². The topological polar surface area (TPSA) is 50.5 Å². The second-order valence-electron chi connectivity index (χ2n) is 6.58. The van der Waals surface area contributed by atoms with Gasteiger partial charge in [-0.15, -0.1) is 0 Å². The summed E-state index contributed by atoms with van der Waals surface area (Å²) in [6.07, 6.45) is 4.67. The van der Waals surface area contributed by atoms with E-state index in [2.05, 4.69) is 41.2 Å². The van der Waals surface area contributed by atoms with Gasteiger partial charge in [-0.1, -0.05) is 29.8 Å². The monoisotopic (exact) mass is 315 g/mol. The number of aliphatic hydroxyl groups excluding tert-OH is 1. The van der Waals surface area contributed by atoms with E-state index < -0.39 is 5.60 Å². The molecule has 124 valence electrons. The van der Waals surface area contributed by atoms with Crippen LogP contribution in [0.4, 0.5) is 0 Å². The van der Waals surface area contributed by atoms with Crippen molar-refractivity contribution < 1.29 is 9.84 Å². The molecule has 0 bridgehead atoms. The van der Waals surface area contributed by atoms with E-state index in [1.807, 2.05) is 24.1 Å². The molecule has 1 aromatic heterocycles. The summed E-state index contributed by atoms with van der Waals surface area (Å²) in [4.78, 5) is 2.34. The van der Waals surface area contributed by atoms with Gasteiger partial charge in [0.05, 0.1) is 19.4 Å². The molecule has 0 saturated carbocycles. The van der Waals surface area contributed by atoms with Gasteiger partial charge < -0.3 is 9.84 Å². The molecule has 0 spiro atoms. The van der Waals surface area contributed by atoms with Crippen molar-refractivity contribution in [3.63, 3.8) is 0 Å². The van der Waals surface area contributed by atoms with Crippen molar-refractivity contribution in [3.8, 4) is 0 Å². The Kier molecular flexibility index (Phi) is 4.80. The second kappa shape index (κ2) is 6.83. The van der Waals surface area contributed by atoms with Gasteiger partial charge in [0, 0.05) is 44.9 Å². The Hall–Kier alpha value is -1.69. The predicted octanol–water partition coefficient (Wildman–Crippen LogP) is 1.53. The maximum absolute atomic E-state index is 9.98. The molecule has 0 amide bonds. The summed E-state index contributed by atoms with van der Waals surface area (Å²) >= 11 is 0. The molecule has 1 unspecified atom stereocenters. The van der Waals surface area contributed by atoms with Gasteiger partial charge in [-0.2, -0.15) is 5.10 Å². The van der Waals surface area contributed by atoms with Crippen molar-refractivity contribution in [2.24, 2.45) is 7.05 Å². The maximum atomic E-state index is 9.98. The lowest BCUT2D eigenvalue weighted by Crippen LogP contribution is -2.55. The second-order valence-corrected chi connectivity index (χ2v) is 6.58. The fourth-order valence-corrected chi connectivity index (χ4v) is 3.21. The van der Waals surface area contributed by atoms with Crippen LogP contribution in [-0.4, -0.2) is 51.7 Å². The molecule has 1 atom stereocenters. The normalized spacial score (nSPS) is 22.4. The van der Waals surface area contributed by atoms with Crippen molar-refractivity contribution in [2.75, 3.05) is 26.3 Å². The summed E-state index contributed by atoms with van der Waals surface area (Å²) in [5.41, 5.74) is 3.12. The van der Waals surface area contributed by atoms with Crippen LogP contribution in [0, 0.1) is 6.92 Å². The van der Waals surface area contributed by atoms with Crippen LogP contribution in [0.1, 0.15) is 16.7 Å². The number of hydrogen-bond acceptors (Lipinski definition) is 4. The van der Waals surface area contributed by atoms with Crippen molar-refractivity contribution in [1.82, 2.24) is 14.7 Å². The minimum absolute atomic E-state index is 0.0322. The molecule has 23 heavy (non-hydrogen) atoms. The van der Waals surface area contributed by atoms with Crippen LogP contribution >= 0.6 is 0 Å². The smallest absolute Gasteiger partial charge is 0.108 e. The number of aryl methyl sites for hydroxylation is 2. The molecule has 1 fully saturated rings.